The van der Waals surface area contributed by atoms with E-state index in [0.717, 1.165) is 9.79 Å². The maximum atomic E-state index is 12.0. The molecular formula is C12H9ClOS2. The lowest BCUT2D eigenvalue weighted by atomic mass is 10.4. The second-order valence-corrected chi connectivity index (χ2v) is 6.51. The van der Waals surface area contributed by atoms with Gasteiger partial charge in [-0.15, -0.1) is 0 Å². The van der Waals surface area contributed by atoms with Crippen LogP contribution in [-0.4, -0.2) is 4.55 Å². The minimum Gasteiger partial charge on any atom is -0.600 e. The molecule has 2 rings (SSSR count). The van der Waals surface area contributed by atoms with E-state index in [9.17, 15) is 4.55 Å². The summed E-state index contributed by atoms with van der Waals surface area (Å²) in [5.41, 5.74) is 0. The van der Waals surface area contributed by atoms with Crippen molar-refractivity contribution >= 4 is 32.6 Å². The molecule has 1 nitrogen and oxygen atoms in total. The molecule has 0 aromatic heterocycles. The molecular weight excluding hydrogens is 260 g/mol. The standard InChI is InChI=1S/C12H9ClOS2/c13-10-6-8-12(9-7-10)16(14)15-11-4-2-1-3-5-11/h1-9H. The molecule has 0 spiro atoms. The van der Waals surface area contributed by atoms with Crippen molar-refractivity contribution in [2.75, 3.05) is 0 Å². The molecule has 82 valence electrons. The van der Waals surface area contributed by atoms with Crippen molar-refractivity contribution in [3.05, 3.63) is 59.6 Å². The third kappa shape index (κ3) is 3.19. The van der Waals surface area contributed by atoms with Gasteiger partial charge in [0.25, 0.3) is 0 Å². The maximum Gasteiger partial charge on any atom is 0.166 e. The highest BCUT2D eigenvalue weighted by Crippen LogP contribution is 2.30. The smallest absolute Gasteiger partial charge is 0.166 e. The summed E-state index contributed by atoms with van der Waals surface area (Å²) in [6, 6.07) is 16.8. The monoisotopic (exact) mass is 268 g/mol. The molecule has 0 aliphatic heterocycles. The zero-order chi connectivity index (χ0) is 11.4. The van der Waals surface area contributed by atoms with Crippen LogP contribution in [0.4, 0.5) is 0 Å². The molecule has 0 saturated heterocycles. The third-order valence-corrected chi connectivity index (χ3v) is 5.06. The number of rotatable bonds is 3. The summed E-state index contributed by atoms with van der Waals surface area (Å²) in [6.45, 7) is 0. The minimum absolute atomic E-state index is 0.658. The average Bonchev–Trinajstić information content (AvgIpc) is 2.31. The number of halogens is 1. The summed E-state index contributed by atoms with van der Waals surface area (Å²) in [6.07, 6.45) is 0. The normalized spacial score (nSPS) is 12.4. The average molecular weight is 269 g/mol. The number of benzene rings is 2. The minimum atomic E-state index is -1.08. The fourth-order valence-electron chi connectivity index (χ4n) is 1.16. The second-order valence-electron chi connectivity index (χ2n) is 3.09. The summed E-state index contributed by atoms with van der Waals surface area (Å²) in [4.78, 5) is 1.77. The lowest BCUT2D eigenvalue weighted by molar-refractivity contribution is 0.609. The fourth-order valence-corrected chi connectivity index (χ4v) is 3.66. The zero-order valence-electron chi connectivity index (χ0n) is 8.30. The lowest BCUT2D eigenvalue weighted by Crippen LogP contribution is -1.94. The van der Waals surface area contributed by atoms with Gasteiger partial charge in [-0.3, -0.25) is 0 Å². The molecule has 0 aliphatic rings. The van der Waals surface area contributed by atoms with Crippen molar-refractivity contribution in [3.8, 4) is 0 Å². The van der Waals surface area contributed by atoms with Crippen LogP contribution in [0.3, 0.4) is 0 Å². The molecule has 0 fully saturated rings. The Hall–Kier alpha value is -0.610. The maximum absolute atomic E-state index is 12.0. The first-order chi connectivity index (χ1) is 7.75. The van der Waals surface area contributed by atoms with E-state index < -0.39 is 10.2 Å². The van der Waals surface area contributed by atoms with E-state index in [0.29, 0.717) is 5.02 Å². The van der Waals surface area contributed by atoms with Crippen LogP contribution in [0.1, 0.15) is 0 Å². The molecule has 2 aromatic carbocycles. The van der Waals surface area contributed by atoms with Gasteiger partial charge in [-0.1, -0.05) is 29.8 Å². The summed E-state index contributed by atoms with van der Waals surface area (Å²) < 4.78 is 12.0. The Balaban J connectivity index is 2.09. The van der Waals surface area contributed by atoms with Crippen LogP contribution in [0.5, 0.6) is 0 Å². The second kappa shape index (κ2) is 5.64. The van der Waals surface area contributed by atoms with Crippen molar-refractivity contribution in [1.29, 1.82) is 0 Å². The van der Waals surface area contributed by atoms with Gasteiger partial charge in [0, 0.05) is 5.02 Å². The molecule has 4 heteroatoms. The highest BCUT2D eigenvalue weighted by atomic mass is 35.5. The molecule has 1 atom stereocenters. The molecule has 0 amide bonds. The zero-order valence-corrected chi connectivity index (χ0v) is 10.7. The largest absolute Gasteiger partial charge is 0.600 e. The first kappa shape index (κ1) is 11.9. The predicted molar refractivity (Wildman–Crippen MR) is 70.2 cm³/mol. The van der Waals surface area contributed by atoms with Crippen molar-refractivity contribution in [3.63, 3.8) is 0 Å². The van der Waals surface area contributed by atoms with Crippen molar-refractivity contribution in [2.24, 2.45) is 0 Å². The predicted octanol–water partition coefficient (Wildman–Crippen LogP) is 4.15. The molecule has 16 heavy (non-hydrogen) atoms. The third-order valence-electron chi connectivity index (χ3n) is 1.92. The van der Waals surface area contributed by atoms with Crippen LogP contribution in [-0.2, 0) is 10.2 Å². The molecule has 0 aliphatic carbocycles. The van der Waals surface area contributed by atoms with Gasteiger partial charge in [0.05, 0.1) is 15.1 Å². The van der Waals surface area contributed by atoms with Gasteiger partial charge >= 0.3 is 0 Å². The quantitative estimate of drug-likeness (QED) is 0.616. The molecule has 0 heterocycles. The molecule has 0 radical (unpaired) electrons. The van der Waals surface area contributed by atoms with E-state index in [1.54, 1.807) is 24.3 Å². The Morgan fingerprint density at radius 3 is 2.19 bits per heavy atom. The topological polar surface area (TPSA) is 23.1 Å². The Morgan fingerprint density at radius 1 is 0.938 bits per heavy atom. The van der Waals surface area contributed by atoms with Crippen LogP contribution >= 0.6 is 22.4 Å². The molecule has 1 unspecified atom stereocenters. The van der Waals surface area contributed by atoms with Crippen molar-refractivity contribution in [2.45, 2.75) is 9.79 Å². The van der Waals surface area contributed by atoms with E-state index in [4.69, 9.17) is 11.6 Å². The van der Waals surface area contributed by atoms with Gasteiger partial charge in [0.1, 0.15) is 10.8 Å². The van der Waals surface area contributed by atoms with Gasteiger partial charge in [-0.25, -0.2) is 0 Å². The first-order valence-corrected chi connectivity index (χ1v) is 7.52. The molecule has 0 bridgehead atoms. The summed E-state index contributed by atoms with van der Waals surface area (Å²) in [5.74, 6) is 0. The Morgan fingerprint density at radius 2 is 1.56 bits per heavy atom. The molecule has 0 saturated carbocycles. The summed E-state index contributed by atoms with van der Waals surface area (Å²) in [7, 11) is 0.247. The van der Waals surface area contributed by atoms with Crippen LogP contribution in [0.2, 0.25) is 5.02 Å². The van der Waals surface area contributed by atoms with Crippen LogP contribution in [0.15, 0.2) is 64.4 Å². The van der Waals surface area contributed by atoms with Crippen molar-refractivity contribution in [1.82, 2.24) is 0 Å². The van der Waals surface area contributed by atoms with E-state index in [1.807, 2.05) is 30.3 Å². The van der Waals surface area contributed by atoms with Gasteiger partial charge in [-0.05, 0) is 36.4 Å². The molecule has 0 N–H and O–H groups in total. The summed E-state index contributed by atoms with van der Waals surface area (Å²) in [5, 5.41) is 0.658. The number of hydrogen-bond acceptors (Lipinski definition) is 2. The van der Waals surface area contributed by atoms with E-state index in [2.05, 4.69) is 0 Å². The van der Waals surface area contributed by atoms with E-state index in [1.165, 1.54) is 10.8 Å². The van der Waals surface area contributed by atoms with Crippen LogP contribution in [0, 0.1) is 0 Å². The SMILES string of the molecule is [O-][S+](Sc1ccccc1)c1ccc(Cl)cc1. The van der Waals surface area contributed by atoms with Gasteiger partial charge in [-0.2, -0.15) is 0 Å². The van der Waals surface area contributed by atoms with Crippen LogP contribution in [0.25, 0.3) is 0 Å². The highest BCUT2D eigenvalue weighted by Gasteiger charge is 2.13. The van der Waals surface area contributed by atoms with Gasteiger partial charge in [0.15, 0.2) is 4.90 Å². The van der Waals surface area contributed by atoms with E-state index >= 15 is 0 Å². The lowest BCUT2D eigenvalue weighted by Gasteiger charge is -2.07. The highest BCUT2D eigenvalue weighted by molar-refractivity contribution is 8.72. The molecule has 2 aromatic rings. The Kier molecular flexibility index (Phi) is 4.18. The van der Waals surface area contributed by atoms with Gasteiger partial charge < -0.3 is 4.55 Å². The fraction of sp³-hybridized carbons (Fsp3) is 0. The Bertz CT molecular complexity index is 444. The number of hydrogen-bond donors (Lipinski definition) is 0. The first-order valence-electron chi connectivity index (χ1n) is 4.66. The van der Waals surface area contributed by atoms with E-state index in [-0.39, 0.29) is 0 Å². The van der Waals surface area contributed by atoms with Gasteiger partial charge in [0.2, 0.25) is 0 Å². The van der Waals surface area contributed by atoms with Crippen molar-refractivity contribution < 1.29 is 4.55 Å². The van der Waals surface area contributed by atoms with Crippen LogP contribution < -0.4 is 0 Å². The summed E-state index contributed by atoms with van der Waals surface area (Å²) >= 11 is 5.77. The Labute approximate surface area is 106 Å².